The van der Waals surface area contributed by atoms with Crippen LogP contribution >= 0.6 is 35.6 Å². The van der Waals surface area contributed by atoms with Crippen molar-refractivity contribution in [2.45, 2.75) is 18.7 Å². The first-order valence-corrected chi connectivity index (χ1v) is 13.8. The first-order chi connectivity index (χ1) is 17.5. The lowest BCUT2D eigenvalue weighted by Gasteiger charge is -2.14. The summed E-state index contributed by atoms with van der Waals surface area (Å²) in [5.74, 6) is -0.883. The fourth-order valence-corrected chi connectivity index (χ4v) is 5.68. The second-order valence-corrected chi connectivity index (χ2v) is 11.8. The Morgan fingerprint density at radius 3 is 2.32 bits per heavy atom. The van der Waals surface area contributed by atoms with Crippen molar-refractivity contribution in [3.63, 3.8) is 0 Å². The van der Waals surface area contributed by atoms with Crippen molar-refractivity contribution in [1.82, 2.24) is 14.9 Å². The topological polar surface area (TPSA) is 121 Å². The summed E-state index contributed by atoms with van der Waals surface area (Å²) in [6, 6.07) is 14.3. The highest BCUT2D eigenvalue weighted by Crippen LogP contribution is 2.32. The summed E-state index contributed by atoms with van der Waals surface area (Å²) in [5.41, 5.74) is 2.40. The van der Waals surface area contributed by atoms with Gasteiger partial charge in [0.25, 0.3) is 15.9 Å². The minimum absolute atomic E-state index is 0.0246. The number of thioether (sulfide) groups is 1. The Hall–Kier alpha value is -3.32. The number of aromatic nitrogens is 2. The quantitative estimate of drug-likeness (QED) is 0.315. The fourth-order valence-electron chi connectivity index (χ4n) is 3.36. The number of hydrogen-bond donors (Lipinski definition) is 2. The monoisotopic (exact) mass is 573 g/mol. The third-order valence-electron chi connectivity index (χ3n) is 5.00. The van der Waals surface area contributed by atoms with E-state index < -0.39 is 15.9 Å². The second kappa shape index (κ2) is 11.0. The molecule has 0 bridgehead atoms. The van der Waals surface area contributed by atoms with Crippen LogP contribution in [0.3, 0.4) is 0 Å². The zero-order valence-electron chi connectivity index (χ0n) is 19.6. The number of sulfonamides is 1. The molecule has 9 nitrogen and oxygen atoms in total. The predicted molar refractivity (Wildman–Crippen MR) is 149 cm³/mol. The van der Waals surface area contributed by atoms with Crippen LogP contribution in [0.1, 0.15) is 17.0 Å². The summed E-state index contributed by atoms with van der Waals surface area (Å²) in [6.45, 7) is 3.19. The minimum Gasteiger partial charge on any atom is -0.325 e. The molecule has 0 atom stereocenters. The molecule has 0 aliphatic carbocycles. The van der Waals surface area contributed by atoms with Crippen molar-refractivity contribution in [3.05, 3.63) is 81.5 Å². The number of anilines is 2. The molecule has 1 fully saturated rings. The van der Waals surface area contributed by atoms with Gasteiger partial charge >= 0.3 is 0 Å². The molecule has 4 rings (SSSR count). The molecular formula is C24H20ClN5O4S3. The summed E-state index contributed by atoms with van der Waals surface area (Å²) in [7, 11) is -3.93. The molecule has 3 aromatic rings. The van der Waals surface area contributed by atoms with Crippen LogP contribution in [-0.2, 0) is 19.6 Å². The van der Waals surface area contributed by atoms with E-state index in [1.165, 1.54) is 29.2 Å². The molecule has 1 aliphatic heterocycles. The van der Waals surface area contributed by atoms with Crippen LogP contribution in [0.5, 0.6) is 0 Å². The second-order valence-electron chi connectivity index (χ2n) is 7.97. The van der Waals surface area contributed by atoms with Crippen molar-refractivity contribution in [1.29, 1.82) is 0 Å². The lowest BCUT2D eigenvalue weighted by molar-refractivity contribution is -0.126. The Labute approximate surface area is 228 Å². The van der Waals surface area contributed by atoms with Gasteiger partial charge in [0, 0.05) is 22.1 Å². The maximum Gasteiger partial charge on any atom is 0.266 e. The standard InChI is InChI=1S/C24H20ClN5O4S3/c1-14-11-15(2)27-23(26-14)29-37(33,34)19-9-7-18(8-10-19)28-21(31)13-30-22(32)20(36-24(30)35)12-16-3-5-17(25)6-4-16/h3-12H,13H2,1-2H3,(H,28,31)(H,26,27,29). The van der Waals surface area contributed by atoms with Gasteiger partial charge in [-0.05, 0) is 68.0 Å². The van der Waals surface area contributed by atoms with Crippen LogP contribution in [-0.4, -0.2) is 46.0 Å². The molecule has 0 unspecified atom stereocenters. The SMILES string of the molecule is Cc1cc(C)nc(NS(=O)(=O)c2ccc(NC(=O)CN3C(=O)C(=Cc4ccc(Cl)cc4)SC3=S)cc2)n1. The number of thiocarbonyl (C=S) groups is 1. The molecule has 1 aliphatic rings. The number of nitrogens with one attached hydrogen (secondary N) is 2. The van der Waals surface area contributed by atoms with E-state index in [9.17, 15) is 18.0 Å². The van der Waals surface area contributed by atoms with Gasteiger partial charge in [0.2, 0.25) is 11.9 Å². The molecule has 37 heavy (non-hydrogen) atoms. The number of hydrogen-bond acceptors (Lipinski definition) is 8. The van der Waals surface area contributed by atoms with Crippen molar-refractivity contribution in [2.24, 2.45) is 0 Å². The highest BCUT2D eigenvalue weighted by Gasteiger charge is 2.33. The predicted octanol–water partition coefficient (Wildman–Crippen LogP) is 4.39. The van der Waals surface area contributed by atoms with Crippen LogP contribution in [0.15, 0.2) is 64.4 Å². The van der Waals surface area contributed by atoms with Gasteiger partial charge in [-0.3, -0.25) is 14.5 Å². The Balaban J connectivity index is 1.39. The molecule has 2 amide bonds. The molecule has 2 heterocycles. The van der Waals surface area contributed by atoms with Crippen molar-refractivity contribution >= 4 is 79.5 Å². The van der Waals surface area contributed by atoms with Gasteiger partial charge in [-0.1, -0.05) is 47.7 Å². The Bertz CT molecular complexity index is 1500. The summed E-state index contributed by atoms with van der Waals surface area (Å²) in [5, 5.41) is 3.23. The van der Waals surface area contributed by atoms with Crippen LogP contribution in [0.4, 0.5) is 11.6 Å². The minimum atomic E-state index is -3.93. The molecule has 13 heteroatoms. The van der Waals surface area contributed by atoms with Gasteiger partial charge < -0.3 is 5.32 Å². The third kappa shape index (κ3) is 6.72. The van der Waals surface area contributed by atoms with E-state index in [4.69, 9.17) is 23.8 Å². The average molecular weight is 574 g/mol. The van der Waals surface area contributed by atoms with Gasteiger partial charge in [-0.15, -0.1) is 0 Å². The van der Waals surface area contributed by atoms with Crippen LogP contribution < -0.4 is 10.0 Å². The van der Waals surface area contributed by atoms with Crippen LogP contribution in [0, 0.1) is 13.8 Å². The van der Waals surface area contributed by atoms with Gasteiger partial charge in [0.1, 0.15) is 10.9 Å². The first-order valence-electron chi connectivity index (χ1n) is 10.8. The summed E-state index contributed by atoms with van der Waals surface area (Å²) in [4.78, 5) is 35.1. The lowest BCUT2D eigenvalue weighted by Crippen LogP contribution is -2.36. The number of amides is 2. The van der Waals surface area contributed by atoms with Gasteiger partial charge in [-0.2, -0.15) is 0 Å². The Kier molecular flexibility index (Phi) is 7.93. The normalized spacial score (nSPS) is 14.8. The number of benzene rings is 2. The summed E-state index contributed by atoms with van der Waals surface area (Å²) >= 11 is 12.3. The number of aryl methyl sites for hydroxylation is 2. The maximum atomic E-state index is 12.8. The van der Waals surface area contributed by atoms with E-state index in [0.29, 0.717) is 27.0 Å². The number of halogens is 1. The first kappa shape index (κ1) is 26.7. The van der Waals surface area contributed by atoms with E-state index in [1.807, 2.05) is 0 Å². The smallest absolute Gasteiger partial charge is 0.266 e. The van der Waals surface area contributed by atoms with E-state index in [0.717, 1.165) is 17.3 Å². The third-order valence-corrected chi connectivity index (χ3v) is 7.97. The number of carbonyl (C=O) groups is 2. The highest BCUT2D eigenvalue weighted by atomic mass is 35.5. The Morgan fingerprint density at radius 2 is 1.70 bits per heavy atom. The largest absolute Gasteiger partial charge is 0.325 e. The Morgan fingerprint density at radius 1 is 1.08 bits per heavy atom. The van der Waals surface area contributed by atoms with E-state index >= 15 is 0 Å². The number of nitrogens with zero attached hydrogens (tertiary/aromatic N) is 3. The molecule has 190 valence electrons. The summed E-state index contributed by atoms with van der Waals surface area (Å²) in [6.07, 6.45) is 1.68. The zero-order valence-corrected chi connectivity index (χ0v) is 22.8. The fraction of sp³-hybridized carbons (Fsp3) is 0.125. The molecule has 1 aromatic heterocycles. The van der Waals surface area contributed by atoms with Crippen molar-refractivity contribution < 1.29 is 18.0 Å². The van der Waals surface area contributed by atoms with Crippen molar-refractivity contribution in [3.8, 4) is 0 Å². The van der Waals surface area contributed by atoms with Crippen LogP contribution in [0.2, 0.25) is 5.02 Å². The van der Waals surface area contributed by atoms with Gasteiger partial charge in [0.05, 0.1) is 9.80 Å². The van der Waals surface area contributed by atoms with Gasteiger partial charge in [0.15, 0.2) is 0 Å². The molecular weight excluding hydrogens is 554 g/mol. The van der Waals surface area contributed by atoms with E-state index in [1.54, 1.807) is 50.3 Å². The van der Waals surface area contributed by atoms with Crippen LogP contribution in [0.25, 0.3) is 6.08 Å². The lowest BCUT2D eigenvalue weighted by atomic mass is 10.2. The average Bonchev–Trinajstić information content (AvgIpc) is 3.07. The van der Waals surface area contributed by atoms with E-state index in [-0.39, 0.29) is 27.6 Å². The van der Waals surface area contributed by atoms with Crippen molar-refractivity contribution in [2.75, 3.05) is 16.6 Å². The number of rotatable bonds is 7. The molecule has 1 saturated heterocycles. The maximum absolute atomic E-state index is 12.8. The summed E-state index contributed by atoms with van der Waals surface area (Å²) < 4.78 is 28.0. The molecule has 2 N–H and O–H groups in total. The zero-order chi connectivity index (χ0) is 26.7. The van der Waals surface area contributed by atoms with E-state index in [2.05, 4.69) is 20.0 Å². The number of carbonyl (C=O) groups excluding carboxylic acids is 2. The van der Waals surface area contributed by atoms with Gasteiger partial charge in [-0.25, -0.2) is 23.1 Å². The molecule has 0 radical (unpaired) electrons. The molecule has 0 spiro atoms. The molecule has 2 aromatic carbocycles. The highest BCUT2D eigenvalue weighted by molar-refractivity contribution is 8.26. The molecule has 0 saturated carbocycles.